The summed E-state index contributed by atoms with van der Waals surface area (Å²) in [6.07, 6.45) is 1.30. The molecule has 0 aliphatic heterocycles. The number of amides is 2. The smallest absolute Gasteiger partial charge is 0.241 e. The first kappa shape index (κ1) is 14.9. The second-order valence-electron chi connectivity index (χ2n) is 3.90. The number of nitrogens with zero attached hydrogens (tertiary/aromatic N) is 2. The molecule has 0 aromatic heterocycles. The van der Waals surface area contributed by atoms with Gasteiger partial charge in [-0.1, -0.05) is 0 Å². The predicted molar refractivity (Wildman–Crippen MR) is 64.1 cm³/mol. The Morgan fingerprint density at radius 2 is 1.81 bits per heavy atom. The number of rotatable bonds is 7. The minimum atomic E-state index is -0.0381. The minimum absolute atomic E-state index is 0.0381. The van der Waals surface area contributed by atoms with Gasteiger partial charge in [-0.25, -0.2) is 0 Å². The molecule has 0 spiro atoms. The molecule has 0 rings (SSSR count). The molecular weight excluding hydrogens is 206 g/mol. The van der Waals surface area contributed by atoms with Crippen LogP contribution in [0.3, 0.4) is 0 Å². The lowest BCUT2D eigenvalue weighted by Crippen LogP contribution is -2.40. The van der Waals surface area contributed by atoms with Gasteiger partial charge in [0.1, 0.15) is 0 Å². The van der Waals surface area contributed by atoms with Crippen LogP contribution in [0.1, 0.15) is 19.8 Å². The summed E-state index contributed by atoms with van der Waals surface area (Å²) < 4.78 is 0. The van der Waals surface area contributed by atoms with E-state index in [0.29, 0.717) is 13.0 Å². The summed E-state index contributed by atoms with van der Waals surface area (Å²) in [4.78, 5) is 26.3. The van der Waals surface area contributed by atoms with Crippen LogP contribution < -0.4 is 5.32 Å². The van der Waals surface area contributed by atoms with E-state index in [4.69, 9.17) is 0 Å². The third-order valence-corrected chi connectivity index (χ3v) is 2.38. The van der Waals surface area contributed by atoms with Crippen molar-refractivity contribution < 1.29 is 9.59 Å². The quantitative estimate of drug-likeness (QED) is 0.621. The maximum absolute atomic E-state index is 11.7. The van der Waals surface area contributed by atoms with Crippen LogP contribution in [0, 0.1) is 0 Å². The van der Waals surface area contributed by atoms with Crippen molar-refractivity contribution in [2.75, 3.05) is 40.8 Å². The van der Waals surface area contributed by atoms with E-state index in [1.807, 2.05) is 14.0 Å². The Kier molecular flexibility index (Phi) is 7.54. The van der Waals surface area contributed by atoms with E-state index >= 15 is 0 Å². The molecule has 0 atom stereocenters. The van der Waals surface area contributed by atoms with Gasteiger partial charge < -0.3 is 15.1 Å². The number of nitrogens with one attached hydrogen (secondary N) is 1. The first-order valence-electron chi connectivity index (χ1n) is 5.65. The summed E-state index contributed by atoms with van der Waals surface area (Å²) >= 11 is 0. The van der Waals surface area contributed by atoms with Crippen LogP contribution >= 0.6 is 0 Å². The maximum Gasteiger partial charge on any atom is 0.241 e. The second kappa shape index (κ2) is 8.10. The molecule has 0 aromatic rings. The van der Waals surface area contributed by atoms with Crippen LogP contribution in [-0.2, 0) is 9.59 Å². The Morgan fingerprint density at radius 1 is 1.19 bits per heavy atom. The largest absolute Gasteiger partial charge is 0.347 e. The molecule has 94 valence electrons. The van der Waals surface area contributed by atoms with Crippen LogP contribution in [0.4, 0.5) is 0 Å². The molecule has 0 saturated carbocycles. The molecule has 16 heavy (non-hydrogen) atoms. The van der Waals surface area contributed by atoms with Crippen LogP contribution in [0.5, 0.6) is 0 Å². The van der Waals surface area contributed by atoms with Gasteiger partial charge >= 0.3 is 0 Å². The average molecular weight is 229 g/mol. The zero-order valence-electron chi connectivity index (χ0n) is 10.7. The molecule has 5 heteroatoms. The number of hydrogen-bond donors (Lipinski definition) is 1. The van der Waals surface area contributed by atoms with Gasteiger partial charge in [0.25, 0.3) is 0 Å². The van der Waals surface area contributed by atoms with E-state index in [9.17, 15) is 9.59 Å². The van der Waals surface area contributed by atoms with Gasteiger partial charge in [-0.05, 0) is 26.9 Å². The molecule has 0 radical (unpaired) electrons. The highest BCUT2D eigenvalue weighted by Gasteiger charge is 2.15. The Morgan fingerprint density at radius 3 is 2.25 bits per heavy atom. The zero-order chi connectivity index (χ0) is 12.6. The van der Waals surface area contributed by atoms with Crippen LogP contribution in [0.2, 0.25) is 0 Å². The number of carbonyl (C=O) groups excluding carboxylic acids is 2. The predicted octanol–water partition coefficient (Wildman–Crippen LogP) is -0.0773. The lowest BCUT2D eigenvalue weighted by molar-refractivity contribution is -0.139. The molecule has 0 saturated heterocycles. The second-order valence-corrected chi connectivity index (χ2v) is 3.90. The Bertz CT molecular complexity index is 229. The molecule has 0 unspecified atom stereocenters. The van der Waals surface area contributed by atoms with Gasteiger partial charge in [-0.3, -0.25) is 9.59 Å². The fourth-order valence-electron chi connectivity index (χ4n) is 1.26. The third-order valence-electron chi connectivity index (χ3n) is 2.38. The molecule has 0 aliphatic carbocycles. The maximum atomic E-state index is 11.7. The third kappa shape index (κ3) is 5.70. The van der Waals surface area contributed by atoms with E-state index in [2.05, 4.69) is 5.32 Å². The Hall–Kier alpha value is -1.10. The molecule has 0 aliphatic rings. The van der Waals surface area contributed by atoms with Crippen molar-refractivity contribution in [3.63, 3.8) is 0 Å². The van der Waals surface area contributed by atoms with Gasteiger partial charge in [0, 0.05) is 27.1 Å². The molecule has 0 heterocycles. The fourth-order valence-corrected chi connectivity index (χ4v) is 1.26. The molecule has 5 nitrogen and oxygen atoms in total. The highest BCUT2D eigenvalue weighted by molar-refractivity contribution is 5.84. The van der Waals surface area contributed by atoms with Gasteiger partial charge in [-0.15, -0.1) is 0 Å². The van der Waals surface area contributed by atoms with Crippen molar-refractivity contribution in [3.05, 3.63) is 0 Å². The summed E-state index contributed by atoms with van der Waals surface area (Å²) in [6.45, 7) is 3.48. The summed E-state index contributed by atoms with van der Waals surface area (Å²) in [5.41, 5.74) is 0. The summed E-state index contributed by atoms with van der Waals surface area (Å²) in [7, 11) is 5.25. The van der Waals surface area contributed by atoms with Crippen molar-refractivity contribution in [2.24, 2.45) is 0 Å². The SMILES string of the molecule is CCN(CC(=O)N(C)C)C(=O)CCCNC. The van der Waals surface area contributed by atoms with E-state index < -0.39 is 0 Å². The van der Waals surface area contributed by atoms with Gasteiger partial charge in [0.05, 0.1) is 6.54 Å². The van der Waals surface area contributed by atoms with E-state index in [1.54, 1.807) is 19.0 Å². The lowest BCUT2D eigenvalue weighted by atomic mass is 10.2. The summed E-state index contributed by atoms with van der Waals surface area (Å²) in [5, 5.41) is 2.99. The number of likely N-dealkylation sites (N-methyl/N-ethyl adjacent to an activating group) is 2. The fraction of sp³-hybridized carbons (Fsp3) is 0.818. The number of carbonyl (C=O) groups is 2. The van der Waals surface area contributed by atoms with Crippen LogP contribution in [0.15, 0.2) is 0 Å². The van der Waals surface area contributed by atoms with E-state index in [1.165, 1.54) is 4.90 Å². The van der Waals surface area contributed by atoms with Crippen molar-refractivity contribution in [3.8, 4) is 0 Å². The van der Waals surface area contributed by atoms with Gasteiger partial charge in [0.2, 0.25) is 11.8 Å². The minimum Gasteiger partial charge on any atom is -0.347 e. The monoisotopic (exact) mass is 229 g/mol. The highest BCUT2D eigenvalue weighted by atomic mass is 16.2. The molecule has 2 amide bonds. The van der Waals surface area contributed by atoms with Gasteiger partial charge in [0.15, 0.2) is 0 Å². The first-order valence-corrected chi connectivity index (χ1v) is 5.65. The summed E-state index contributed by atoms with van der Waals surface area (Å²) in [5.74, 6) is 0.0109. The van der Waals surface area contributed by atoms with Crippen LogP contribution in [0.25, 0.3) is 0 Å². The first-order chi connectivity index (χ1) is 7.52. The molecular formula is C11H23N3O2. The zero-order valence-corrected chi connectivity index (χ0v) is 10.7. The van der Waals surface area contributed by atoms with Crippen molar-refractivity contribution in [1.82, 2.24) is 15.1 Å². The normalized spacial score (nSPS) is 10.0. The molecule has 1 N–H and O–H groups in total. The average Bonchev–Trinajstić information content (AvgIpc) is 2.25. The lowest BCUT2D eigenvalue weighted by Gasteiger charge is -2.22. The topological polar surface area (TPSA) is 52.7 Å². The standard InChI is InChI=1S/C11H23N3O2/c1-5-14(9-11(16)13(3)4)10(15)7-6-8-12-2/h12H,5-9H2,1-4H3. The van der Waals surface area contributed by atoms with E-state index in [0.717, 1.165) is 13.0 Å². The Labute approximate surface area is 97.8 Å². The summed E-state index contributed by atoms with van der Waals surface area (Å²) in [6, 6.07) is 0. The highest BCUT2D eigenvalue weighted by Crippen LogP contribution is 1.98. The van der Waals surface area contributed by atoms with Crippen molar-refractivity contribution >= 4 is 11.8 Å². The van der Waals surface area contributed by atoms with Crippen molar-refractivity contribution in [1.29, 1.82) is 0 Å². The van der Waals surface area contributed by atoms with Crippen LogP contribution in [-0.4, -0.2) is 62.4 Å². The Balaban J connectivity index is 4.06. The molecule has 0 fully saturated rings. The van der Waals surface area contributed by atoms with E-state index in [-0.39, 0.29) is 18.4 Å². The van der Waals surface area contributed by atoms with Crippen molar-refractivity contribution in [2.45, 2.75) is 19.8 Å². The van der Waals surface area contributed by atoms with Gasteiger partial charge in [-0.2, -0.15) is 0 Å². The number of hydrogen-bond acceptors (Lipinski definition) is 3. The molecule has 0 aromatic carbocycles. The molecule has 0 bridgehead atoms.